The van der Waals surface area contributed by atoms with Gasteiger partial charge in [0.15, 0.2) is 0 Å². The molecule has 2 rings (SSSR count). The van der Waals surface area contributed by atoms with Gasteiger partial charge in [0.2, 0.25) is 23.6 Å². The van der Waals surface area contributed by atoms with Crippen LogP contribution in [0.1, 0.15) is 32.3 Å². The highest BCUT2D eigenvalue weighted by molar-refractivity contribution is 5.94. The van der Waals surface area contributed by atoms with Crippen molar-refractivity contribution in [1.82, 2.24) is 20.9 Å². The van der Waals surface area contributed by atoms with Crippen molar-refractivity contribution in [2.75, 3.05) is 0 Å². The van der Waals surface area contributed by atoms with Crippen LogP contribution < -0.4 is 27.4 Å². The van der Waals surface area contributed by atoms with Crippen LogP contribution in [0.3, 0.4) is 0 Å². The van der Waals surface area contributed by atoms with Crippen LogP contribution in [-0.2, 0) is 30.4 Å². The topological polar surface area (TPSA) is 230 Å². The van der Waals surface area contributed by atoms with Gasteiger partial charge in [-0.2, -0.15) is 0 Å². The first-order valence-electron chi connectivity index (χ1n) is 11.3. The van der Waals surface area contributed by atoms with Crippen molar-refractivity contribution in [2.45, 2.75) is 63.4 Å². The number of carbonyl (C=O) groups excluding carboxylic acids is 4. The normalized spacial score (nSPS) is 15.2. The number of aliphatic hydroxyl groups excluding tert-OH is 1. The smallest absolute Gasteiger partial charge is 0.326 e. The highest BCUT2D eigenvalue weighted by Crippen LogP contribution is 2.19. The minimum absolute atomic E-state index is 0.00129. The van der Waals surface area contributed by atoms with Gasteiger partial charge in [-0.05, 0) is 31.9 Å². The minimum atomic E-state index is -1.45. The van der Waals surface area contributed by atoms with Crippen LogP contribution in [0.25, 0.3) is 10.9 Å². The standard InChI is InChI=1S/C23H32N6O7/c1-11(27-22(34)19(12(2)30)29-21(33)15(24)7-8-18(25)31)20(32)28-17(23(35)36)9-13-10-26-16-6-4-3-5-14(13)16/h3-6,10-12,15,17,19,26,30H,7-9,24H2,1-2H3,(H2,25,31)(H,27,34)(H,28,32)(H,29,33)(H,35,36). The zero-order chi connectivity index (χ0) is 27.0. The van der Waals surface area contributed by atoms with Crippen LogP contribution in [-0.4, -0.2) is 75.1 Å². The molecule has 196 valence electrons. The van der Waals surface area contributed by atoms with Gasteiger partial charge in [-0.1, -0.05) is 18.2 Å². The number of aromatic amines is 1. The van der Waals surface area contributed by atoms with Gasteiger partial charge < -0.3 is 42.6 Å². The van der Waals surface area contributed by atoms with Crippen LogP contribution in [0.2, 0.25) is 0 Å². The number of benzene rings is 1. The maximum Gasteiger partial charge on any atom is 0.326 e. The Morgan fingerprint density at radius 1 is 1.00 bits per heavy atom. The van der Waals surface area contributed by atoms with E-state index in [0.29, 0.717) is 5.56 Å². The van der Waals surface area contributed by atoms with E-state index in [4.69, 9.17) is 11.5 Å². The summed E-state index contributed by atoms with van der Waals surface area (Å²) in [6.45, 7) is 2.59. The van der Waals surface area contributed by atoms with Crippen LogP contribution in [0.4, 0.5) is 0 Å². The number of H-pyrrole nitrogens is 1. The molecule has 1 aromatic carbocycles. The number of primary amides is 1. The number of nitrogens with two attached hydrogens (primary N) is 2. The number of fused-ring (bicyclic) bond motifs is 1. The van der Waals surface area contributed by atoms with E-state index in [9.17, 15) is 34.2 Å². The highest BCUT2D eigenvalue weighted by atomic mass is 16.4. The number of rotatable bonds is 13. The number of carbonyl (C=O) groups is 5. The summed E-state index contributed by atoms with van der Waals surface area (Å²) in [5, 5.41) is 27.4. The first kappa shape index (κ1) is 28.3. The van der Waals surface area contributed by atoms with E-state index >= 15 is 0 Å². The van der Waals surface area contributed by atoms with Crippen molar-refractivity contribution in [2.24, 2.45) is 11.5 Å². The predicted octanol–water partition coefficient (Wildman–Crippen LogP) is -1.76. The van der Waals surface area contributed by atoms with Crippen molar-refractivity contribution in [3.8, 4) is 0 Å². The second-order valence-corrected chi connectivity index (χ2v) is 8.53. The number of hydrogen-bond donors (Lipinski definition) is 8. The van der Waals surface area contributed by atoms with E-state index in [-0.39, 0.29) is 19.3 Å². The Morgan fingerprint density at radius 3 is 2.28 bits per heavy atom. The maximum atomic E-state index is 12.6. The van der Waals surface area contributed by atoms with Crippen LogP contribution in [0.15, 0.2) is 30.5 Å². The Balaban J connectivity index is 2.00. The molecule has 10 N–H and O–H groups in total. The number of amides is 4. The van der Waals surface area contributed by atoms with E-state index in [0.717, 1.165) is 10.9 Å². The molecule has 13 nitrogen and oxygen atoms in total. The maximum absolute atomic E-state index is 12.6. The third-order valence-electron chi connectivity index (χ3n) is 5.57. The molecule has 13 heteroatoms. The largest absolute Gasteiger partial charge is 0.480 e. The molecule has 5 atom stereocenters. The zero-order valence-corrected chi connectivity index (χ0v) is 20.0. The summed E-state index contributed by atoms with van der Waals surface area (Å²) >= 11 is 0. The fourth-order valence-electron chi connectivity index (χ4n) is 3.48. The number of nitrogens with one attached hydrogen (secondary N) is 4. The second kappa shape index (κ2) is 12.7. The number of carboxylic acid groups (broad SMARTS) is 1. The number of aliphatic carboxylic acids is 1. The summed E-state index contributed by atoms with van der Waals surface area (Å²) in [5.41, 5.74) is 12.2. The van der Waals surface area contributed by atoms with Gasteiger partial charge in [-0.25, -0.2) is 4.79 Å². The molecule has 5 unspecified atom stereocenters. The molecule has 0 saturated heterocycles. The molecule has 0 aliphatic heterocycles. The Labute approximate surface area is 207 Å². The molecular formula is C23H32N6O7. The monoisotopic (exact) mass is 504 g/mol. The van der Waals surface area contributed by atoms with E-state index in [1.807, 2.05) is 24.3 Å². The van der Waals surface area contributed by atoms with E-state index in [1.165, 1.54) is 13.8 Å². The minimum Gasteiger partial charge on any atom is -0.480 e. The van der Waals surface area contributed by atoms with E-state index in [2.05, 4.69) is 20.9 Å². The lowest BCUT2D eigenvalue weighted by Gasteiger charge is -2.25. The van der Waals surface area contributed by atoms with Gasteiger partial charge in [0.25, 0.3) is 0 Å². The second-order valence-electron chi connectivity index (χ2n) is 8.53. The van der Waals surface area contributed by atoms with Crippen LogP contribution in [0.5, 0.6) is 0 Å². The zero-order valence-electron chi connectivity index (χ0n) is 20.0. The van der Waals surface area contributed by atoms with Crippen molar-refractivity contribution in [3.63, 3.8) is 0 Å². The SMILES string of the molecule is CC(NC(=O)C(NC(=O)C(N)CCC(N)=O)C(C)O)C(=O)NC(Cc1c[nH]c2ccccc12)C(=O)O. The molecule has 0 bridgehead atoms. The number of hydrogen-bond acceptors (Lipinski definition) is 7. The van der Waals surface area contributed by atoms with Gasteiger partial charge in [0.05, 0.1) is 12.1 Å². The first-order chi connectivity index (χ1) is 16.9. The molecule has 4 amide bonds. The molecule has 36 heavy (non-hydrogen) atoms. The average molecular weight is 505 g/mol. The lowest BCUT2D eigenvalue weighted by molar-refractivity contribution is -0.142. The summed E-state index contributed by atoms with van der Waals surface area (Å²) < 4.78 is 0. The fraction of sp³-hybridized carbons (Fsp3) is 0.435. The molecule has 0 radical (unpaired) electrons. The highest BCUT2D eigenvalue weighted by Gasteiger charge is 2.31. The van der Waals surface area contributed by atoms with Crippen LogP contribution in [0, 0.1) is 0 Å². The van der Waals surface area contributed by atoms with Crippen LogP contribution >= 0.6 is 0 Å². The number of aliphatic hydroxyl groups is 1. The molecule has 0 fully saturated rings. The van der Waals surface area contributed by atoms with E-state index < -0.39 is 59.9 Å². The van der Waals surface area contributed by atoms with Crippen molar-refractivity contribution < 1.29 is 34.2 Å². The number of aromatic nitrogens is 1. The quantitative estimate of drug-likeness (QED) is 0.155. The summed E-state index contributed by atoms with van der Waals surface area (Å²) in [6, 6.07) is 2.26. The lowest BCUT2D eigenvalue weighted by Crippen LogP contribution is -2.59. The Morgan fingerprint density at radius 2 is 1.67 bits per heavy atom. The first-order valence-corrected chi connectivity index (χ1v) is 11.3. The Bertz CT molecular complexity index is 1120. The van der Waals surface area contributed by atoms with Crippen molar-refractivity contribution in [1.29, 1.82) is 0 Å². The molecule has 0 aliphatic carbocycles. The molecule has 0 saturated carbocycles. The molecule has 0 spiro atoms. The Kier molecular flexibility index (Phi) is 9.93. The van der Waals surface area contributed by atoms with Gasteiger partial charge in [0, 0.05) is 29.9 Å². The molecule has 2 aromatic rings. The summed E-state index contributed by atoms with van der Waals surface area (Å²) in [5.74, 6) is -4.35. The number of carboxylic acids is 1. The third-order valence-corrected chi connectivity index (χ3v) is 5.57. The summed E-state index contributed by atoms with van der Waals surface area (Å²) in [4.78, 5) is 63.2. The molecule has 1 aromatic heterocycles. The molecule has 1 heterocycles. The van der Waals surface area contributed by atoms with E-state index in [1.54, 1.807) is 6.20 Å². The summed E-state index contributed by atoms with van der Waals surface area (Å²) in [7, 11) is 0. The van der Waals surface area contributed by atoms with Crippen molar-refractivity contribution in [3.05, 3.63) is 36.0 Å². The van der Waals surface area contributed by atoms with Crippen molar-refractivity contribution >= 4 is 40.5 Å². The fourth-order valence-corrected chi connectivity index (χ4v) is 3.48. The average Bonchev–Trinajstić information content (AvgIpc) is 3.22. The molecular weight excluding hydrogens is 472 g/mol. The van der Waals surface area contributed by atoms with Gasteiger partial charge in [-0.15, -0.1) is 0 Å². The van der Waals surface area contributed by atoms with Gasteiger partial charge in [0.1, 0.15) is 18.1 Å². The predicted molar refractivity (Wildman–Crippen MR) is 129 cm³/mol. The number of para-hydroxylation sites is 1. The van der Waals surface area contributed by atoms with Gasteiger partial charge in [-0.3, -0.25) is 19.2 Å². The summed E-state index contributed by atoms with van der Waals surface area (Å²) in [6.07, 6.45) is 0.131. The van der Waals surface area contributed by atoms with Gasteiger partial charge >= 0.3 is 5.97 Å². The molecule has 0 aliphatic rings. The lowest BCUT2D eigenvalue weighted by atomic mass is 10.0. The third kappa shape index (κ3) is 7.78. The Hall–Kier alpha value is -3.97.